The molecule has 0 bridgehead atoms. The van der Waals surface area contributed by atoms with Crippen molar-refractivity contribution in [1.82, 2.24) is 10.2 Å². The molecule has 6 heteroatoms. The molecule has 11 atom stereocenters. The minimum atomic E-state index is -0.460. The predicted molar refractivity (Wildman–Crippen MR) is 155 cm³/mol. The molecule has 3 N–H and O–H groups in total. The second-order valence-corrected chi connectivity index (χ2v) is 15.4. The number of hydrogen-bond donors (Lipinski definition) is 3. The molecule has 5 saturated carbocycles. The zero-order chi connectivity index (χ0) is 28.9. The van der Waals surface area contributed by atoms with Crippen molar-refractivity contribution in [3.05, 3.63) is 35.9 Å². The SMILES string of the molecule is C[C@@H]([C@H]1[C@H](O)C[C@@]2(C)[C@@H]3CC[C@H]4[C@](C)(CO)[C@@H](NC(=O)Cc5ccccc5)CC[C@@]45C[C@@]35C(=O)C[C@]12C)N(C)C. The van der Waals surface area contributed by atoms with E-state index in [1.54, 1.807) is 0 Å². The molecule has 0 unspecified atom stereocenters. The second kappa shape index (κ2) is 9.12. The summed E-state index contributed by atoms with van der Waals surface area (Å²) in [6, 6.07) is 9.91. The van der Waals surface area contributed by atoms with E-state index in [0.717, 1.165) is 44.1 Å². The Morgan fingerprint density at radius 3 is 2.40 bits per heavy atom. The number of hydrogen-bond acceptors (Lipinski definition) is 5. The average Bonchev–Trinajstić information content (AvgIpc) is 3.54. The molecular weight excluding hydrogens is 500 g/mol. The summed E-state index contributed by atoms with van der Waals surface area (Å²) in [5.41, 5.74) is -0.230. The predicted octanol–water partition coefficient (Wildman–Crippen LogP) is 4.23. The fourth-order valence-corrected chi connectivity index (χ4v) is 11.7. The quantitative estimate of drug-likeness (QED) is 0.493. The molecule has 1 aromatic carbocycles. The van der Waals surface area contributed by atoms with E-state index in [-0.39, 0.29) is 64.0 Å². The third-order valence-electron chi connectivity index (χ3n) is 13.9. The number of rotatable bonds is 6. The third kappa shape index (κ3) is 3.45. The Balaban J connectivity index is 1.29. The molecule has 0 aromatic heterocycles. The number of amides is 1. The van der Waals surface area contributed by atoms with Gasteiger partial charge >= 0.3 is 0 Å². The van der Waals surface area contributed by atoms with Crippen LogP contribution >= 0.6 is 0 Å². The monoisotopic (exact) mass is 550 g/mol. The maximum atomic E-state index is 14.5. The van der Waals surface area contributed by atoms with E-state index in [9.17, 15) is 19.8 Å². The van der Waals surface area contributed by atoms with E-state index < -0.39 is 11.5 Å². The lowest BCUT2D eigenvalue weighted by molar-refractivity contribution is -0.173. The normalized spacial score (nSPS) is 48.0. The first-order valence-electron chi connectivity index (χ1n) is 15.6. The number of nitrogens with one attached hydrogen (secondary N) is 1. The minimum absolute atomic E-state index is 0.00374. The van der Waals surface area contributed by atoms with E-state index in [1.165, 1.54) is 0 Å². The highest BCUT2D eigenvalue weighted by atomic mass is 16.3. The molecule has 6 nitrogen and oxygen atoms in total. The van der Waals surface area contributed by atoms with Crippen LogP contribution < -0.4 is 5.32 Å². The van der Waals surface area contributed by atoms with Gasteiger partial charge in [-0.1, -0.05) is 51.1 Å². The number of aliphatic hydroxyl groups excluding tert-OH is 2. The van der Waals surface area contributed by atoms with Crippen LogP contribution in [0.15, 0.2) is 30.3 Å². The van der Waals surface area contributed by atoms with Crippen LogP contribution in [0.25, 0.3) is 0 Å². The van der Waals surface area contributed by atoms with Gasteiger partial charge in [-0.15, -0.1) is 0 Å². The Hall–Kier alpha value is -1.76. The van der Waals surface area contributed by atoms with Crippen LogP contribution in [-0.2, 0) is 16.0 Å². The Kier molecular flexibility index (Phi) is 6.47. The van der Waals surface area contributed by atoms with Crippen molar-refractivity contribution in [2.45, 2.75) is 97.2 Å². The van der Waals surface area contributed by atoms with Crippen molar-refractivity contribution in [2.75, 3.05) is 20.7 Å². The summed E-state index contributed by atoms with van der Waals surface area (Å²) in [4.78, 5) is 29.8. The molecule has 0 saturated heterocycles. The lowest BCUT2D eigenvalue weighted by Crippen LogP contribution is -2.64. The topological polar surface area (TPSA) is 89.9 Å². The van der Waals surface area contributed by atoms with Gasteiger partial charge in [0.15, 0.2) is 0 Å². The molecule has 2 spiro atoms. The van der Waals surface area contributed by atoms with E-state index >= 15 is 0 Å². The van der Waals surface area contributed by atoms with Gasteiger partial charge in [-0.05, 0) is 93.2 Å². The number of ketones is 1. The number of nitrogens with zero attached hydrogens (tertiary/aromatic N) is 1. The Morgan fingerprint density at radius 1 is 1.07 bits per heavy atom. The lowest BCUT2D eigenvalue weighted by Gasteiger charge is -2.63. The van der Waals surface area contributed by atoms with Crippen molar-refractivity contribution in [1.29, 1.82) is 0 Å². The molecule has 5 aliphatic carbocycles. The van der Waals surface area contributed by atoms with Gasteiger partial charge < -0.3 is 20.4 Å². The van der Waals surface area contributed by atoms with Gasteiger partial charge in [0.25, 0.3) is 0 Å². The first-order valence-corrected chi connectivity index (χ1v) is 15.6. The number of aliphatic hydroxyl groups is 2. The van der Waals surface area contributed by atoms with Crippen LogP contribution in [0.4, 0.5) is 0 Å². The summed E-state index contributed by atoms with van der Waals surface area (Å²) in [5, 5.41) is 25.7. The summed E-state index contributed by atoms with van der Waals surface area (Å²) < 4.78 is 0. The standard InChI is InChI=1S/C34H50N2O4/c1-21(36(5)6)29-23(38)17-31(3)25-13-12-24-30(2,20-37)26(35-28(40)16-22-10-8-7-9-11-22)14-15-33(24)19-34(25,33)27(39)18-32(29,31)4/h7-11,21,23-26,29,37-38H,12-20H2,1-6H3,(H,35,40)/t21-,23+,24-,25-,26-,29-,30-,31-,32+,33+,34-/m0/s1. The molecule has 220 valence electrons. The third-order valence-corrected chi connectivity index (χ3v) is 13.9. The Labute approximate surface area is 240 Å². The van der Waals surface area contributed by atoms with Gasteiger partial charge in [-0.25, -0.2) is 0 Å². The highest BCUT2D eigenvalue weighted by Crippen LogP contribution is 2.87. The van der Waals surface area contributed by atoms with Crippen LogP contribution in [0.3, 0.4) is 0 Å². The van der Waals surface area contributed by atoms with Gasteiger partial charge in [0, 0.05) is 35.3 Å². The molecule has 0 radical (unpaired) electrons. The van der Waals surface area contributed by atoms with Crippen molar-refractivity contribution in [2.24, 2.45) is 44.8 Å². The molecule has 5 fully saturated rings. The fourth-order valence-electron chi connectivity index (χ4n) is 11.7. The van der Waals surface area contributed by atoms with Crippen LogP contribution in [-0.4, -0.2) is 65.7 Å². The first kappa shape index (κ1) is 28.4. The number of carbonyl (C=O) groups is 2. The first-order chi connectivity index (χ1) is 18.8. The summed E-state index contributed by atoms with van der Waals surface area (Å²) in [7, 11) is 4.16. The smallest absolute Gasteiger partial charge is 0.224 e. The molecule has 1 amide bonds. The van der Waals surface area contributed by atoms with Crippen molar-refractivity contribution >= 4 is 11.7 Å². The highest BCUT2D eigenvalue weighted by Gasteiger charge is 2.86. The Bertz CT molecular complexity index is 1190. The maximum absolute atomic E-state index is 14.5. The van der Waals surface area contributed by atoms with Gasteiger partial charge in [-0.2, -0.15) is 0 Å². The molecule has 0 heterocycles. The van der Waals surface area contributed by atoms with Gasteiger partial charge in [-0.3, -0.25) is 9.59 Å². The van der Waals surface area contributed by atoms with Crippen LogP contribution in [0.2, 0.25) is 0 Å². The van der Waals surface area contributed by atoms with Crippen molar-refractivity contribution in [3.8, 4) is 0 Å². The molecule has 0 aliphatic heterocycles. The summed E-state index contributed by atoms with van der Waals surface area (Å²) in [6.45, 7) is 9.07. The van der Waals surface area contributed by atoms with Crippen LogP contribution in [0, 0.1) is 44.8 Å². The zero-order valence-corrected chi connectivity index (χ0v) is 25.4. The van der Waals surface area contributed by atoms with Gasteiger partial charge in [0.05, 0.1) is 19.1 Å². The van der Waals surface area contributed by atoms with Gasteiger partial charge in [0.2, 0.25) is 5.91 Å². The van der Waals surface area contributed by atoms with Crippen molar-refractivity contribution in [3.63, 3.8) is 0 Å². The molecule has 40 heavy (non-hydrogen) atoms. The van der Waals surface area contributed by atoms with Gasteiger partial charge in [0.1, 0.15) is 5.78 Å². The summed E-state index contributed by atoms with van der Waals surface area (Å²) in [6.07, 6.45) is 5.82. The van der Waals surface area contributed by atoms with E-state index in [1.807, 2.05) is 30.3 Å². The van der Waals surface area contributed by atoms with Crippen LogP contribution in [0.1, 0.15) is 78.2 Å². The maximum Gasteiger partial charge on any atom is 0.224 e. The van der Waals surface area contributed by atoms with Crippen molar-refractivity contribution < 1.29 is 19.8 Å². The largest absolute Gasteiger partial charge is 0.396 e. The van der Waals surface area contributed by atoms with E-state index in [0.29, 0.717) is 18.6 Å². The number of carbonyl (C=O) groups excluding carboxylic acids is 2. The highest BCUT2D eigenvalue weighted by molar-refractivity contribution is 5.92. The molecule has 6 rings (SSSR count). The molecular formula is C34H50N2O4. The second-order valence-electron chi connectivity index (χ2n) is 15.4. The van der Waals surface area contributed by atoms with Crippen LogP contribution in [0.5, 0.6) is 0 Å². The zero-order valence-electron chi connectivity index (χ0n) is 25.4. The number of fused-ring (bicyclic) bond motifs is 2. The molecule has 5 aliphatic rings. The minimum Gasteiger partial charge on any atom is -0.396 e. The molecule has 1 aromatic rings. The number of Topliss-reactive ketones (excluding diaryl/α,β-unsaturated/α-hetero) is 1. The number of benzene rings is 1. The average molecular weight is 551 g/mol. The van der Waals surface area contributed by atoms with E-state index in [4.69, 9.17) is 0 Å². The van der Waals surface area contributed by atoms with E-state index in [2.05, 4.69) is 52.0 Å². The summed E-state index contributed by atoms with van der Waals surface area (Å²) in [5.74, 6) is 0.961. The lowest BCUT2D eigenvalue weighted by atomic mass is 9.41. The fraction of sp³-hybridized carbons (Fsp3) is 0.765. The summed E-state index contributed by atoms with van der Waals surface area (Å²) >= 11 is 0. The Morgan fingerprint density at radius 2 is 1.75 bits per heavy atom.